The first-order valence-electron chi connectivity index (χ1n) is 10.3. The Kier molecular flexibility index (Phi) is 8.47. The third kappa shape index (κ3) is 6.30. The van der Waals surface area contributed by atoms with Gasteiger partial charge in [-0.2, -0.15) is 0 Å². The molecule has 0 aliphatic carbocycles. The monoisotopic (exact) mass is 538 g/mol. The summed E-state index contributed by atoms with van der Waals surface area (Å²) in [5, 5.41) is 17.8. The van der Waals surface area contributed by atoms with Gasteiger partial charge < -0.3 is 20.1 Å². The lowest BCUT2D eigenvalue weighted by Crippen LogP contribution is -2.43. The summed E-state index contributed by atoms with van der Waals surface area (Å²) in [6.07, 6.45) is 1.89. The summed E-state index contributed by atoms with van der Waals surface area (Å²) in [6, 6.07) is 14.7. The number of fused-ring (bicyclic) bond motifs is 1. The fraction of sp³-hybridized carbons (Fsp3) is 0.409. The molecular formula is C22H27IN4O4. The highest BCUT2D eigenvalue weighted by Crippen LogP contribution is 2.31. The van der Waals surface area contributed by atoms with E-state index in [9.17, 15) is 10.1 Å². The minimum absolute atomic E-state index is 0. The van der Waals surface area contributed by atoms with Crippen LogP contribution in [-0.2, 0) is 11.3 Å². The molecule has 2 aromatic rings. The standard InChI is InChI=1S/C22H26N4O4.HI/c27-26(28)18-7-5-16(6-8-18)13-23-22(24-14-17-9-11-29-15-17)25-20-10-12-30-21-4-2-1-3-19(20)21;/h1-8,17,20H,9-15H2,(H2,23,24,25);1H. The zero-order valence-corrected chi connectivity index (χ0v) is 19.5. The second-order valence-corrected chi connectivity index (χ2v) is 7.57. The number of para-hydroxylation sites is 1. The Morgan fingerprint density at radius 1 is 1.13 bits per heavy atom. The second kappa shape index (κ2) is 11.3. The largest absolute Gasteiger partial charge is 0.493 e. The molecule has 2 N–H and O–H groups in total. The fourth-order valence-corrected chi connectivity index (χ4v) is 3.69. The van der Waals surface area contributed by atoms with Crippen molar-refractivity contribution in [3.8, 4) is 5.75 Å². The van der Waals surface area contributed by atoms with E-state index in [1.807, 2.05) is 18.2 Å². The zero-order valence-electron chi connectivity index (χ0n) is 17.2. The van der Waals surface area contributed by atoms with Gasteiger partial charge in [-0.25, -0.2) is 4.99 Å². The number of guanidine groups is 1. The molecular weight excluding hydrogens is 511 g/mol. The van der Waals surface area contributed by atoms with Crippen LogP contribution in [0.3, 0.4) is 0 Å². The molecule has 0 bridgehead atoms. The van der Waals surface area contributed by atoms with Crippen molar-refractivity contribution in [3.05, 3.63) is 69.8 Å². The Hall–Kier alpha value is -2.40. The Morgan fingerprint density at radius 3 is 2.68 bits per heavy atom. The van der Waals surface area contributed by atoms with Crippen molar-refractivity contribution in [1.82, 2.24) is 10.6 Å². The van der Waals surface area contributed by atoms with Gasteiger partial charge in [0.2, 0.25) is 0 Å². The molecule has 9 heteroatoms. The number of rotatable bonds is 6. The van der Waals surface area contributed by atoms with Gasteiger partial charge in [0.1, 0.15) is 5.75 Å². The first-order valence-corrected chi connectivity index (χ1v) is 10.3. The number of hydrogen-bond acceptors (Lipinski definition) is 5. The Bertz CT molecular complexity index is 901. The van der Waals surface area contributed by atoms with E-state index in [2.05, 4.69) is 16.7 Å². The predicted octanol–water partition coefficient (Wildman–Crippen LogP) is 3.81. The number of non-ortho nitro benzene ring substituents is 1. The van der Waals surface area contributed by atoms with Crippen molar-refractivity contribution in [3.63, 3.8) is 0 Å². The molecule has 31 heavy (non-hydrogen) atoms. The van der Waals surface area contributed by atoms with E-state index < -0.39 is 4.92 Å². The van der Waals surface area contributed by atoms with E-state index in [1.54, 1.807) is 12.1 Å². The van der Waals surface area contributed by atoms with Crippen LogP contribution in [-0.4, -0.2) is 37.2 Å². The number of ether oxygens (including phenoxy) is 2. The highest BCUT2D eigenvalue weighted by Gasteiger charge is 2.23. The van der Waals surface area contributed by atoms with Gasteiger partial charge in [0.05, 0.1) is 30.7 Å². The van der Waals surface area contributed by atoms with E-state index >= 15 is 0 Å². The first-order chi connectivity index (χ1) is 14.7. The summed E-state index contributed by atoms with van der Waals surface area (Å²) in [5.41, 5.74) is 2.12. The van der Waals surface area contributed by atoms with Gasteiger partial charge in [-0.15, -0.1) is 24.0 Å². The Labute approximate surface area is 198 Å². The van der Waals surface area contributed by atoms with Crippen LogP contribution in [0.15, 0.2) is 53.5 Å². The molecule has 1 saturated heterocycles. The third-order valence-electron chi connectivity index (χ3n) is 5.42. The molecule has 1 fully saturated rings. The van der Waals surface area contributed by atoms with Crippen molar-refractivity contribution in [2.75, 3.05) is 26.4 Å². The first kappa shape index (κ1) is 23.3. The van der Waals surface area contributed by atoms with Crippen LogP contribution in [0.25, 0.3) is 0 Å². The number of halogens is 1. The molecule has 0 spiro atoms. The topological polar surface area (TPSA) is 98.0 Å². The summed E-state index contributed by atoms with van der Waals surface area (Å²) in [6.45, 7) is 3.45. The van der Waals surface area contributed by atoms with Gasteiger partial charge in [0, 0.05) is 43.2 Å². The van der Waals surface area contributed by atoms with Gasteiger partial charge in [-0.3, -0.25) is 10.1 Å². The highest BCUT2D eigenvalue weighted by atomic mass is 127. The minimum Gasteiger partial charge on any atom is -0.493 e. The van der Waals surface area contributed by atoms with Crippen molar-refractivity contribution >= 4 is 35.6 Å². The van der Waals surface area contributed by atoms with Gasteiger partial charge >= 0.3 is 0 Å². The lowest BCUT2D eigenvalue weighted by atomic mass is 10.0. The van der Waals surface area contributed by atoms with Crippen LogP contribution in [0.1, 0.15) is 30.0 Å². The van der Waals surface area contributed by atoms with Crippen molar-refractivity contribution in [2.24, 2.45) is 10.9 Å². The lowest BCUT2D eigenvalue weighted by molar-refractivity contribution is -0.384. The van der Waals surface area contributed by atoms with E-state index in [-0.39, 0.29) is 35.7 Å². The Balaban J connectivity index is 0.00000272. The molecule has 0 radical (unpaired) electrons. The SMILES string of the molecule is I.O=[N+]([O-])c1ccc(CN=C(NCC2CCOC2)NC2CCOc3ccccc32)cc1. The maximum absolute atomic E-state index is 10.8. The number of nitrogens with zero attached hydrogens (tertiary/aromatic N) is 2. The summed E-state index contributed by atoms with van der Waals surface area (Å²) in [4.78, 5) is 15.2. The molecule has 2 atom stereocenters. The smallest absolute Gasteiger partial charge is 0.269 e. The normalized spacial score (nSPS) is 20.2. The summed E-state index contributed by atoms with van der Waals surface area (Å²) < 4.78 is 11.2. The van der Waals surface area contributed by atoms with Crippen LogP contribution in [0, 0.1) is 16.0 Å². The highest BCUT2D eigenvalue weighted by molar-refractivity contribution is 14.0. The van der Waals surface area contributed by atoms with E-state index in [4.69, 9.17) is 14.5 Å². The van der Waals surface area contributed by atoms with Crippen LogP contribution in [0.5, 0.6) is 5.75 Å². The average Bonchev–Trinajstić information content (AvgIpc) is 3.30. The Morgan fingerprint density at radius 2 is 1.94 bits per heavy atom. The number of benzene rings is 2. The van der Waals surface area contributed by atoms with E-state index in [0.717, 1.165) is 55.4 Å². The zero-order chi connectivity index (χ0) is 20.8. The fourth-order valence-electron chi connectivity index (χ4n) is 3.69. The lowest BCUT2D eigenvalue weighted by Gasteiger charge is -2.28. The number of aliphatic imine (C=N–C) groups is 1. The molecule has 2 aliphatic heterocycles. The molecule has 4 rings (SSSR count). The van der Waals surface area contributed by atoms with Gasteiger partial charge in [0.15, 0.2) is 5.96 Å². The van der Waals surface area contributed by atoms with Crippen molar-refractivity contribution in [2.45, 2.75) is 25.4 Å². The van der Waals surface area contributed by atoms with Crippen LogP contribution in [0.2, 0.25) is 0 Å². The number of hydrogen-bond donors (Lipinski definition) is 2. The van der Waals surface area contributed by atoms with Crippen molar-refractivity contribution in [1.29, 1.82) is 0 Å². The number of nitro groups is 1. The molecule has 8 nitrogen and oxygen atoms in total. The predicted molar refractivity (Wildman–Crippen MR) is 129 cm³/mol. The average molecular weight is 538 g/mol. The molecule has 0 aromatic heterocycles. The molecule has 2 aromatic carbocycles. The number of nitro benzene ring substituents is 1. The minimum atomic E-state index is -0.395. The van der Waals surface area contributed by atoms with Crippen molar-refractivity contribution < 1.29 is 14.4 Å². The van der Waals surface area contributed by atoms with Crippen LogP contribution < -0.4 is 15.4 Å². The molecule has 0 saturated carbocycles. The molecule has 0 amide bonds. The van der Waals surface area contributed by atoms with E-state index in [0.29, 0.717) is 19.1 Å². The molecule has 2 aliphatic rings. The molecule has 2 heterocycles. The molecule has 166 valence electrons. The third-order valence-corrected chi connectivity index (χ3v) is 5.42. The quantitative estimate of drug-likeness (QED) is 0.191. The van der Waals surface area contributed by atoms with E-state index in [1.165, 1.54) is 12.1 Å². The van der Waals surface area contributed by atoms with Crippen LogP contribution in [0.4, 0.5) is 5.69 Å². The molecule has 2 unspecified atom stereocenters. The maximum Gasteiger partial charge on any atom is 0.269 e. The summed E-state index contributed by atoms with van der Waals surface area (Å²) in [5.74, 6) is 2.10. The van der Waals surface area contributed by atoms with Crippen LogP contribution >= 0.6 is 24.0 Å². The van der Waals surface area contributed by atoms with Gasteiger partial charge in [-0.05, 0) is 18.1 Å². The number of nitrogens with one attached hydrogen (secondary N) is 2. The summed E-state index contributed by atoms with van der Waals surface area (Å²) >= 11 is 0. The second-order valence-electron chi connectivity index (χ2n) is 7.57. The van der Waals surface area contributed by atoms with Gasteiger partial charge in [0.25, 0.3) is 5.69 Å². The summed E-state index contributed by atoms with van der Waals surface area (Å²) in [7, 11) is 0. The maximum atomic E-state index is 10.8. The van der Waals surface area contributed by atoms with Gasteiger partial charge in [-0.1, -0.05) is 30.3 Å².